The summed E-state index contributed by atoms with van der Waals surface area (Å²) in [4.78, 5) is 32.9. The van der Waals surface area contributed by atoms with Gasteiger partial charge in [-0.25, -0.2) is 14.8 Å². The number of thiazole rings is 1. The molecule has 0 aliphatic carbocycles. The summed E-state index contributed by atoms with van der Waals surface area (Å²) in [6, 6.07) is 17.0. The van der Waals surface area contributed by atoms with Gasteiger partial charge in [0.1, 0.15) is 5.15 Å². The SMILES string of the molecule is CC(OC(=O)c1ccnc(Cl)c1)C(=O)Nc1nc(-c2ccc3ccccc3c2)cs1. The van der Waals surface area contributed by atoms with E-state index in [0.717, 1.165) is 22.0 Å². The molecule has 0 bridgehead atoms. The molecule has 0 aliphatic rings. The number of nitrogens with one attached hydrogen (secondary N) is 1. The van der Waals surface area contributed by atoms with Crippen LogP contribution in [0.5, 0.6) is 0 Å². The van der Waals surface area contributed by atoms with E-state index in [1.807, 2.05) is 41.8 Å². The van der Waals surface area contributed by atoms with E-state index in [-0.39, 0.29) is 10.7 Å². The number of halogens is 1. The third-order valence-electron chi connectivity index (χ3n) is 4.39. The van der Waals surface area contributed by atoms with Crippen molar-refractivity contribution in [2.75, 3.05) is 5.32 Å². The lowest BCUT2D eigenvalue weighted by Crippen LogP contribution is -2.30. The van der Waals surface area contributed by atoms with E-state index in [1.54, 1.807) is 0 Å². The third kappa shape index (κ3) is 4.48. The summed E-state index contributed by atoms with van der Waals surface area (Å²) in [5.41, 5.74) is 1.94. The van der Waals surface area contributed by atoms with E-state index >= 15 is 0 Å². The molecule has 8 heteroatoms. The number of hydrogen-bond donors (Lipinski definition) is 1. The van der Waals surface area contributed by atoms with Gasteiger partial charge in [-0.1, -0.05) is 48.0 Å². The monoisotopic (exact) mass is 437 g/mol. The maximum Gasteiger partial charge on any atom is 0.339 e. The van der Waals surface area contributed by atoms with Gasteiger partial charge in [0.15, 0.2) is 11.2 Å². The number of esters is 1. The van der Waals surface area contributed by atoms with Gasteiger partial charge in [0.25, 0.3) is 5.91 Å². The second-order valence-electron chi connectivity index (χ2n) is 6.50. The van der Waals surface area contributed by atoms with Gasteiger partial charge in [-0.05, 0) is 35.9 Å². The van der Waals surface area contributed by atoms with Crippen LogP contribution in [0.15, 0.2) is 66.2 Å². The van der Waals surface area contributed by atoms with Crippen molar-refractivity contribution in [1.82, 2.24) is 9.97 Å². The first-order valence-electron chi connectivity index (χ1n) is 9.08. The minimum atomic E-state index is -1.00. The number of fused-ring (bicyclic) bond motifs is 1. The van der Waals surface area contributed by atoms with E-state index < -0.39 is 18.0 Å². The van der Waals surface area contributed by atoms with Crippen LogP contribution in [0, 0.1) is 0 Å². The topological polar surface area (TPSA) is 81.2 Å². The number of carbonyl (C=O) groups is 2. The molecule has 1 N–H and O–H groups in total. The Balaban J connectivity index is 1.42. The molecule has 6 nitrogen and oxygen atoms in total. The standard InChI is InChI=1S/C22H16ClN3O3S/c1-13(29-21(28)17-8-9-24-19(23)11-17)20(27)26-22-25-18(12-30-22)16-7-6-14-4-2-3-5-15(14)10-16/h2-13H,1H3,(H,25,26,27). The number of benzene rings is 2. The summed E-state index contributed by atoms with van der Waals surface area (Å²) in [5.74, 6) is -1.12. The molecule has 30 heavy (non-hydrogen) atoms. The van der Waals surface area contributed by atoms with Crippen LogP contribution in [-0.2, 0) is 9.53 Å². The molecule has 0 aliphatic heterocycles. The number of aromatic nitrogens is 2. The highest BCUT2D eigenvalue weighted by molar-refractivity contribution is 7.14. The number of amides is 1. The Morgan fingerprint density at radius 3 is 2.70 bits per heavy atom. The van der Waals surface area contributed by atoms with Crippen LogP contribution in [0.4, 0.5) is 5.13 Å². The number of hydrogen-bond acceptors (Lipinski definition) is 6. The maximum atomic E-state index is 12.4. The maximum absolute atomic E-state index is 12.4. The number of anilines is 1. The molecule has 1 amide bonds. The predicted molar refractivity (Wildman–Crippen MR) is 118 cm³/mol. The number of nitrogens with zero attached hydrogens (tertiary/aromatic N) is 2. The van der Waals surface area contributed by atoms with Crippen molar-refractivity contribution in [3.63, 3.8) is 0 Å². The fraction of sp³-hybridized carbons (Fsp3) is 0.0909. The first-order valence-corrected chi connectivity index (χ1v) is 10.3. The zero-order valence-corrected chi connectivity index (χ0v) is 17.4. The van der Waals surface area contributed by atoms with Crippen LogP contribution >= 0.6 is 22.9 Å². The second kappa shape index (κ2) is 8.61. The van der Waals surface area contributed by atoms with Gasteiger partial charge < -0.3 is 4.74 Å². The molecule has 0 saturated heterocycles. The summed E-state index contributed by atoms with van der Waals surface area (Å²) < 4.78 is 5.20. The van der Waals surface area contributed by atoms with Gasteiger partial charge in [0.2, 0.25) is 0 Å². The lowest BCUT2D eigenvalue weighted by molar-refractivity contribution is -0.123. The highest BCUT2D eigenvalue weighted by atomic mass is 35.5. The van der Waals surface area contributed by atoms with Crippen LogP contribution in [-0.4, -0.2) is 27.9 Å². The molecule has 2 aromatic heterocycles. The van der Waals surface area contributed by atoms with Crippen molar-refractivity contribution in [2.24, 2.45) is 0 Å². The Hall–Kier alpha value is -3.29. The van der Waals surface area contributed by atoms with E-state index in [0.29, 0.717) is 5.13 Å². The Kier molecular flexibility index (Phi) is 5.74. The molecule has 0 saturated carbocycles. The van der Waals surface area contributed by atoms with E-state index in [9.17, 15) is 9.59 Å². The second-order valence-corrected chi connectivity index (χ2v) is 7.75. The number of pyridine rings is 1. The van der Waals surface area contributed by atoms with Gasteiger partial charge in [-0.2, -0.15) is 0 Å². The van der Waals surface area contributed by atoms with Gasteiger partial charge in [-0.15, -0.1) is 11.3 Å². The molecule has 2 aromatic carbocycles. The predicted octanol–water partition coefficient (Wildman–Crippen LogP) is 5.20. The summed E-state index contributed by atoms with van der Waals surface area (Å²) in [7, 11) is 0. The molecule has 0 radical (unpaired) electrons. The minimum absolute atomic E-state index is 0.172. The van der Waals surface area contributed by atoms with Crippen molar-refractivity contribution in [2.45, 2.75) is 13.0 Å². The number of ether oxygens (including phenoxy) is 1. The molecule has 4 rings (SSSR count). The molecule has 150 valence electrons. The van der Waals surface area contributed by atoms with Gasteiger partial charge in [0, 0.05) is 17.1 Å². The summed E-state index contributed by atoms with van der Waals surface area (Å²) in [6.07, 6.45) is 0.394. The lowest BCUT2D eigenvalue weighted by Gasteiger charge is -2.12. The number of carbonyl (C=O) groups excluding carboxylic acids is 2. The smallest absolute Gasteiger partial charge is 0.339 e. The highest BCUT2D eigenvalue weighted by Gasteiger charge is 2.20. The Labute approximate surface area is 181 Å². The van der Waals surface area contributed by atoms with Gasteiger partial charge >= 0.3 is 5.97 Å². The Bertz CT molecular complexity index is 1240. The summed E-state index contributed by atoms with van der Waals surface area (Å²) in [5, 5.41) is 7.43. The summed E-state index contributed by atoms with van der Waals surface area (Å²) in [6.45, 7) is 1.49. The van der Waals surface area contributed by atoms with Crippen LogP contribution < -0.4 is 5.32 Å². The average Bonchev–Trinajstić information content (AvgIpc) is 3.21. The molecule has 1 unspecified atom stereocenters. The molecule has 0 spiro atoms. The van der Waals surface area contributed by atoms with Gasteiger partial charge in [0.05, 0.1) is 11.3 Å². The number of rotatable bonds is 5. The summed E-state index contributed by atoms with van der Waals surface area (Å²) >= 11 is 7.08. The zero-order valence-electron chi connectivity index (χ0n) is 15.8. The molecular formula is C22H16ClN3O3S. The molecule has 4 aromatic rings. The van der Waals surface area contributed by atoms with E-state index in [2.05, 4.69) is 21.4 Å². The molecule has 0 fully saturated rings. The van der Waals surface area contributed by atoms with Crippen LogP contribution in [0.25, 0.3) is 22.0 Å². The quantitative estimate of drug-likeness (QED) is 0.343. The third-order valence-corrected chi connectivity index (χ3v) is 5.36. The van der Waals surface area contributed by atoms with Crippen molar-refractivity contribution >= 4 is 50.7 Å². The molecule has 1 atom stereocenters. The van der Waals surface area contributed by atoms with Gasteiger partial charge in [-0.3, -0.25) is 10.1 Å². The van der Waals surface area contributed by atoms with Crippen LogP contribution in [0.3, 0.4) is 0 Å². The Morgan fingerprint density at radius 1 is 1.10 bits per heavy atom. The van der Waals surface area contributed by atoms with Crippen molar-refractivity contribution in [1.29, 1.82) is 0 Å². The fourth-order valence-electron chi connectivity index (χ4n) is 2.83. The van der Waals surface area contributed by atoms with Crippen LogP contribution in [0.2, 0.25) is 5.15 Å². The first kappa shape index (κ1) is 20.0. The average molecular weight is 438 g/mol. The molecular weight excluding hydrogens is 422 g/mol. The van der Waals surface area contributed by atoms with E-state index in [1.165, 1.54) is 36.6 Å². The van der Waals surface area contributed by atoms with Crippen molar-refractivity contribution in [3.05, 3.63) is 76.9 Å². The minimum Gasteiger partial charge on any atom is -0.449 e. The van der Waals surface area contributed by atoms with E-state index in [4.69, 9.17) is 16.3 Å². The largest absolute Gasteiger partial charge is 0.449 e. The molecule has 2 heterocycles. The lowest BCUT2D eigenvalue weighted by atomic mass is 10.1. The fourth-order valence-corrected chi connectivity index (χ4v) is 3.73. The first-order chi connectivity index (χ1) is 14.5. The Morgan fingerprint density at radius 2 is 1.90 bits per heavy atom. The highest BCUT2D eigenvalue weighted by Crippen LogP contribution is 2.28. The normalized spacial score (nSPS) is 11.8. The zero-order chi connectivity index (χ0) is 21.1. The van der Waals surface area contributed by atoms with Crippen LogP contribution in [0.1, 0.15) is 17.3 Å². The van der Waals surface area contributed by atoms with Crippen molar-refractivity contribution < 1.29 is 14.3 Å². The van der Waals surface area contributed by atoms with Crippen molar-refractivity contribution in [3.8, 4) is 11.3 Å².